The molecule has 0 saturated carbocycles. The average molecular weight is 256 g/mol. The number of aromatic amines is 1. The number of fused-ring (bicyclic) bond motifs is 1. The van der Waals surface area contributed by atoms with Crippen LogP contribution in [-0.4, -0.2) is 30.5 Å². The highest BCUT2D eigenvalue weighted by Crippen LogP contribution is 2.08. The van der Waals surface area contributed by atoms with Crippen LogP contribution in [-0.2, 0) is 11.2 Å². The Bertz CT molecular complexity index is 715. The first-order valence-electron chi connectivity index (χ1n) is 5.80. The fraction of sp³-hybridized carbons (Fsp3) is 0.167. The lowest BCUT2D eigenvalue weighted by Crippen LogP contribution is -2.15. The standard InChI is InChI=1S/C12H12N6O/c1-8-2-3-18-6-9(15-10(18)4-8)5-11(19)16-12-13-7-14-17-12/h2-4,6-7H,5H2,1H3,(H2,13,14,16,17,19). The molecule has 7 nitrogen and oxygen atoms in total. The predicted molar refractivity (Wildman–Crippen MR) is 68.6 cm³/mol. The number of hydrogen-bond acceptors (Lipinski definition) is 4. The van der Waals surface area contributed by atoms with E-state index in [0.29, 0.717) is 11.6 Å². The molecule has 3 heterocycles. The average Bonchev–Trinajstić information content (AvgIpc) is 2.97. The molecule has 3 aromatic heterocycles. The normalized spacial score (nSPS) is 10.8. The summed E-state index contributed by atoms with van der Waals surface area (Å²) in [6, 6.07) is 3.96. The van der Waals surface area contributed by atoms with E-state index in [0.717, 1.165) is 11.2 Å². The van der Waals surface area contributed by atoms with Crippen LogP contribution < -0.4 is 5.32 Å². The SMILES string of the molecule is Cc1ccn2cc(CC(=O)Nc3ncn[nH]3)nc2c1. The van der Waals surface area contributed by atoms with Crippen molar-refractivity contribution in [2.75, 3.05) is 5.32 Å². The molecule has 0 unspecified atom stereocenters. The molecule has 0 spiro atoms. The van der Waals surface area contributed by atoms with Crippen molar-refractivity contribution in [1.29, 1.82) is 0 Å². The van der Waals surface area contributed by atoms with E-state index < -0.39 is 0 Å². The molecule has 0 radical (unpaired) electrons. The maximum atomic E-state index is 11.8. The van der Waals surface area contributed by atoms with Crippen molar-refractivity contribution in [2.24, 2.45) is 0 Å². The van der Waals surface area contributed by atoms with Gasteiger partial charge in [0.25, 0.3) is 0 Å². The van der Waals surface area contributed by atoms with Crippen molar-refractivity contribution in [3.8, 4) is 0 Å². The van der Waals surface area contributed by atoms with Crippen LogP contribution in [0.1, 0.15) is 11.3 Å². The van der Waals surface area contributed by atoms with Crippen molar-refractivity contribution in [2.45, 2.75) is 13.3 Å². The molecule has 0 aliphatic carbocycles. The van der Waals surface area contributed by atoms with Crippen molar-refractivity contribution >= 4 is 17.5 Å². The van der Waals surface area contributed by atoms with Crippen LogP contribution in [0.15, 0.2) is 30.9 Å². The van der Waals surface area contributed by atoms with E-state index in [-0.39, 0.29) is 12.3 Å². The van der Waals surface area contributed by atoms with Crippen molar-refractivity contribution in [3.63, 3.8) is 0 Å². The number of rotatable bonds is 3. The lowest BCUT2D eigenvalue weighted by Gasteiger charge is -1.97. The number of pyridine rings is 1. The van der Waals surface area contributed by atoms with Gasteiger partial charge in [-0.05, 0) is 24.6 Å². The second kappa shape index (κ2) is 4.52. The van der Waals surface area contributed by atoms with Crippen molar-refractivity contribution in [3.05, 3.63) is 42.1 Å². The van der Waals surface area contributed by atoms with Gasteiger partial charge in [-0.25, -0.2) is 10.1 Å². The number of aromatic nitrogens is 5. The van der Waals surface area contributed by atoms with Crippen LogP contribution in [0.25, 0.3) is 5.65 Å². The van der Waals surface area contributed by atoms with Gasteiger partial charge in [0.2, 0.25) is 11.9 Å². The molecule has 0 aliphatic heterocycles. The zero-order chi connectivity index (χ0) is 13.2. The van der Waals surface area contributed by atoms with Gasteiger partial charge in [0.1, 0.15) is 12.0 Å². The topological polar surface area (TPSA) is 88.0 Å². The van der Waals surface area contributed by atoms with Crippen LogP contribution in [0.2, 0.25) is 0 Å². The summed E-state index contributed by atoms with van der Waals surface area (Å²) in [6.45, 7) is 2.00. The molecule has 2 N–H and O–H groups in total. The Hall–Kier alpha value is -2.70. The first-order chi connectivity index (χ1) is 9.20. The van der Waals surface area contributed by atoms with Crippen LogP contribution >= 0.6 is 0 Å². The van der Waals surface area contributed by atoms with Crippen molar-refractivity contribution in [1.82, 2.24) is 24.6 Å². The quantitative estimate of drug-likeness (QED) is 0.730. The highest BCUT2D eigenvalue weighted by Gasteiger charge is 2.09. The van der Waals surface area contributed by atoms with Gasteiger partial charge < -0.3 is 4.40 Å². The summed E-state index contributed by atoms with van der Waals surface area (Å²) in [5, 5.41) is 8.83. The molecule has 0 saturated heterocycles. The molecule has 3 rings (SSSR count). The van der Waals surface area contributed by atoms with E-state index in [1.807, 2.05) is 35.9 Å². The Balaban J connectivity index is 1.76. The number of carbonyl (C=O) groups excluding carboxylic acids is 1. The Kier molecular flexibility index (Phi) is 2.71. The Morgan fingerprint density at radius 3 is 3.21 bits per heavy atom. The second-order valence-electron chi connectivity index (χ2n) is 4.26. The van der Waals surface area contributed by atoms with Crippen LogP contribution in [0.4, 0.5) is 5.95 Å². The first kappa shape index (κ1) is 11.4. The van der Waals surface area contributed by atoms with E-state index >= 15 is 0 Å². The highest BCUT2D eigenvalue weighted by atomic mass is 16.1. The zero-order valence-electron chi connectivity index (χ0n) is 10.3. The summed E-state index contributed by atoms with van der Waals surface area (Å²) in [6.07, 6.45) is 5.30. The van der Waals surface area contributed by atoms with Gasteiger partial charge in [-0.2, -0.15) is 10.1 Å². The van der Waals surface area contributed by atoms with Gasteiger partial charge in [-0.15, -0.1) is 0 Å². The number of hydrogen-bond donors (Lipinski definition) is 2. The molecule has 0 aliphatic rings. The molecule has 0 bridgehead atoms. The van der Waals surface area contributed by atoms with Gasteiger partial charge in [0.05, 0.1) is 12.1 Å². The molecule has 7 heteroatoms. The van der Waals surface area contributed by atoms with Gasteiger partial charge in [0.15, 0.2) is 0 Å². The Morgan fingerprint density at radius 2 is 2.42 bits per heavy atom. The minimum absolute atomic E-state index is 0.183. The largest absolute Gasteiger partial charge is 0.307 e. The van der Waals surface area contributed by atoms with Crippen molar-refractivity contribution < 1.29 is 4.79 Å². The zero-order valence-corrected chi connectivity index (χ0v) is 10.3. The molecular weight excluding hydrogens is 244 g/mol. The number of amides is 1. The fourth-order valence-corrected chi connectivity index (χ4v) is 1.83. The maximum Gasteiger partial charge on any atom is 0.232 e. The molecule has 0 atom stereocenters. The van der Waals surface area contributed by atoms with E-state index in [1.54, 1.807) is 0 Å². The lowest BCUT2D eigenvalue weighted by molar-refractivity contribution is -0.115. The summed E-state index contributed by atoms with van der Waals surface area (Å²) < 4.78 is 1.89. The molecule has 1 amide bonds. The third-order valence-electron chi connectivity index (χ3n) is 2.68. The number of carbonyl (C=O) groups is 1. The number of H-pyrrole nitrogens is 1. The molecule has 96 valence electrons. The van der Waals surface area contributed by atoms with Crippen LogP contribution in [0.5, 0.6) is 0 Å². The molecule has 0 fully saturated rings. The number of imidazole rings is 1. The number of aryl methyl sites for hydroxylation is 1. The van der Waals surface area contributed by atoms with Gasteiger partial charge >= 0.3 is 0 Å². The maximum absolute atomic E-state index is 11.8. The number of nitrogens with zero attached hydrogens (tertiary/aromatic N) is 4. The Labute approximate surface area is 108 Å². The monoisotopic (exact) mass is 256 g/mol. The molecule has 0 aromatic carbocycles. The Morgan fingerprint density at radius 1 is 1.53 bits per heavy atom. The molecule has 3 aromatic rings. The summed E-state index contributed by atoms with van der Waals surface area (Å²) in [5.74, 6) is 0.154. The minimum Gasteiger partial charge on any atom is -0.307 e. The van der Waals surface area contributed by atoms with Crippen LogP contribution in [0, 0.1) is 6.92 Å². The van der Waals surface area contributed by atoms with E-state index in [9.17, 15) is 4.79 Å². The van der Waals surface area contributed by atoms with E-state index in [4.69, 9.17) is 0 Å². The van der Waals surface area contributed by atoms with Gasteiger partial charge in [0, 0.05) is 12.4 Å². The second-order valence-corrected chi connectivity index (χ2v) is 4.26. The highest BCUT2D eigenvalue weighted by molar-refractivity contribution is 5.90. The minimum atomic E-state index is -0.183. The summed E-state index contributed by atoms with van der Waals surface area (Å²) in [5.41, 5.74) is 2.68. The van der Waals surface area contributed by atoms with E-state index in [1.165, 1.54) is 6.33 Å². The number of anilines is 1. The smallest absolute Gasteiger partial charge is 0.232 e. The van der Waals surface area contributed by atoms with Gasteiger partial charge in [-0.3, -0.25) is 10.1 Å². The third kappa shape index (κ3) is 2.44. The summed E-state index contributed by atoms with van der Waals surface area (Å²) in [4.78, 5) is 20.0. The fourth-order valence-electron chi connectivity index (χ4n) is 1.83. The summed E-state index contributed by atoms with van der Waals surface area (Å²) >= 11 is 0. The first-order valence-corrected chi connectivity index (χ1v) is 5.80. The van der Waals surface area contributed by atoms with E-state index in [2.05, 4.69) is 25.5 Å². The summed E-state index contributed by atoms with van der Waals surface area (Å²) in [7, 11) is 0. The lowest BCUT2D eigenvalue weighted by atomic mass is 10.3. The van der Waals surface area contributed by atoms with Gasteiger partial charge in [-0.1, -0.05) is 0 Å². The predicted octanol–water partition coefficient (Wildman–Crippen LogP) is 0.942. The molecular formula is C12H12N6O. The van der Waals surface area contributed by atoms with Crippen LogP contribution in [0.3, 0.4) is 0 Å². The number of nitrogens with one attached hydrogen (secondary N) is 2. The third-order valence-corrected chi connectivity index (χ3v) is 2.68. The molecule has 19 heavy (non-hydrogen) atoms.